The predicted molar refractivity (Wildman–Crippen MR) is 49.7 cm³/mol. The van der Waals surface area contributed by atoms with Gasteiger partial charge in [0.2, 0.25) is 0 Å². The zero-order chi connectivity index (χ0) is 9.68. The van der Waals surface area contributed by atoms with Gasteiger partial charge in [-0.2, -0.15) is 0 Å². The van der Waals surface area contributed by atoms with Gasteiger partial charge >= 0.3 is 5.97 Å². The summed E-state index contributed by atoms with van der Waals surface area (Å²) < 4.78 is 4.62. The maximum Gasteiger partial charge on any atom is 0.340 e. The SMILES string of the molecule is CCNc1cnccc1C(=O)OC. The van der Waals surface area contributed by atoms with Crippen molar-refractivity contribution in [2.45, 2.75) is 6.92 Å². The molecule has 1 heterocycles. The third-order valence-corrected chi connectivity index (χ3v) is 1.59. The number of rotatable bonds is 3. The molecule has 0 aromatic carbocycles. The molecule has 0 aliphatic heterocycles. The lowest BCUT2D eigenvalue weighted by atomic mass is 10.2. The van der Waals surface area contributed by atoms with Crippen molar-refractivity contribution in [1.29, 1.82) is 0 Å². The smallest absolute Gasteiger partial charge is 0.340 e. The molecule has 0 saturated heterocycles. The lowest BCUT2D eigenvalue weighted by Crippen LogP contribution is -2.08. The van der Waals surface area contributed by atoms with Gasteiger partial charge in [-0.3, -0.25) is 4.98 Å². The molecular weight excluding hydrogens is 168 g/mol. The average Bonchev–Trinajstić information content (AvgIpc) is 2.18. The Morgan fingerprint density at radius 3 is 3.08 bits per heavy atom. The van der Waals surface area contributed by atoms with Crippen molar-refractivity contribution < 1.29 is 9.53 Å². The molecule has 0 amide bonds. The van der Waals surface area contributed by atoms with Crippen LogP contribution in [0, 0.1) is 0 Å². The van der Waals surface area contributed by atoms with Crippen LogP contribution in [-0.4, -0.2) is 24.6 Å². The van der Waals surface area contributed by atoms with Gasteiger partial charge in [0.05, 0.1) is 24.6 Å². The molecule has 1 aromatic heterocycles. The molecule has 0 unspecified atom stereocenters. The fourth-order valence-corrected chi connectivity index (χ4v) is 1.01. The highest BCUT2D eigenvalue weighted by molar-refractivity contribution is 5.95. The van der Waals surface area contributed by atoms with Crippen molar-refractivity contribution in [2.75, 3.05) is 19.0 Å². The van der Waals surface area contributed by atoms with Crippen LogP contribution >= 0.6 is 0 Å². The Balaban J connectivity index is 2.97. The minimum absolute atomic E-state index is 0.349. The highest BCUT2D eigenvalue weighted by Gasteiger charge is 2.09. The fourth-order valence-electron chi connectivity index (χ4n) is 1.01. The number of ether oxygens (including phenoxy) is 1. The van der Waals surface area contributed by atoms with Crippen LogP contribution in [0.15, 0.2) is 18.5 Å². The summed E-state index contributed by atoms with van der Waals surface area (Å²) in [6.45, 7) is 2.70. The van der Waals surface area contributed by atoms with E-state index in [-0.39, 0.29) is 5.97 Å². The number of anilines is 1. The first-order valence-corrected chi connectivity index (χ1v) is 4.05. The molecule has 0 aliphatic carbocycles. The number of esters is 1. The predicted octanol–water partition coefficient (Wildman–Crippen LogP) is 1.30. The van der Waals surface area contributed by atoms with Crippen molar-refractivity contribution in [3.05, 3.63) is 24.0 Å². The molecule has 0 aliphatic rings. The summed E-state index contributed by atoms with van der Waals surface area (Å²) in [5.41, 5.74) is 1.22. The summed E-state index contributed by atoms with van der Waals surface area (Å²) in [4.78, 5) is 15.1. The largest absolute Gasteiger partial charge is 0.465 e. The molecule has 0 radical (unpaired) electrons. The quantitative estimate of drug-likeness (QED) is 0.712. The first-order valence-electron chi connectivity index (χ1n) is 4.05. The lowest BCUT2D eigenvalue weighted by molar-refractivity contribution is 0.0601. The number of aromatic nitrogens is 1. The Morgan fingerprint density at radius 2 is 2.46 bits per heavy atom. The number of methoxy groups -OCH3 is 1. The van der Waals surface area contributed by atoms with Gasteiger partial charge in [0.25, 0.3) is 0 Å². The minimum atomic E-state index is -0.349. The van der Waals surface area contributed by atoms with E-state index in [0.29, 0.717) is 11.3 Å². The normalized spacial score (nSPS) is 9.38. The van der Waals surface area contributed by atoms with E-state index in [2.05, 4.69) is 15.0 Å². The second-order valence-electron chi connectivity index (χ2n) is 2.44. The van der Waals surface area contributed by atoms with Gasteiger partial charge in [0, 0.05) is 12.7 Å². The second-order valence-corrected chi connectivity index (χ2v) is 2.44. The van der Waals surface area contributed by atoms with Crippen LogP contribution in [0.25, 0.3) is 0 Å². The molecule has 0 atom stereocenters. The first-order chi connectivity index (χ1) is 6.29. The number of carbonyl (C=O) groups is 1. The van der Waals surface area contributed by atoms with Gasteiger partial charge in [-0.25, -0.2) is 4.79 Å². The van der Waals surface area contributed by atoms with Crippen molar-refractivity contribution in [2.24, 2.45) is 0 Å². The molecule has 4 nitrogen and oxygen atoms in total. The maximum atomic E-state index is 11.2. The molecule has 0 fully saturated rings. The molecule has 1 rings (SSSR count). The standard InChI is InChI=1S/C9H12N2O2/c1-3-11-8-6-10-5-4-7(8)9(12)13-2/h4-6,11H,3H2,1-2H3. The van der Waals surface area contributed by atoms with E-state index >= 15 is 0 Å². The highest BCUT2D eigenvalue weighted by atomic mass is 16.5. The van der Waals surface area contributed by atoms with Gasteiger partial charge in [-0.15, -0.1) is 0 Å². The van der Waals surface area contributed by atoms with Crippen LogP contribution in [0.5, 0.6) is 0 Å². The van der Waals surface area contributed by atoms with Gasteiger partial charge in [0.15, 0.2) is 0 Å². The number of carbonyl (C=O) groups excluding carboxylic acids is 1. The van der Waals surface area contributed by atoms with Crippen molar-refractivity contribution in [3.63, 3.8) is 0 Å². The molecule has 70 valence electrons. The topological polar surface area (TPSA) is 51.2 Å². The number of hydrogen-bond donors (Lipinski definition) is 1. The third kappa shape index (κ3) is 2.18. The number of hydrogen-bond acceptors (Lipinski definition) is 4. The lowest BCUT2D eigenvalue weighted by Gasteiger charge is -2.07. The Kier molecular flexibility index (Phi) is 3.25. The molecular formula is C9H12N2O2. The zero-order valence-corrected chi connectivity index (χ0v) is 7.70. The summed E-state index contributed by atoms with van der Waals surface area (Å²) in [7, 11) is 1.36. The van der Waals surface area contributed by atoms with E-state index in [0.717, 1.165) is 6.54 Å². The van der Waals surface area contributed by atoms with Gasteiger partial charge in [-0.1, -0.05) is 0 Å². The molecule has 0 bridgehead atoms. The average molecular weight is 180 g/mol. The Hall–Kier alpha value is -1.58. The number of pyridine rings is 1. The van der Waals surface area contributed by atoms with Crippen LogP contribution in [0.3, 0.4) is 0 Å². The molecule has 1 aromatic rings. The number of nitrogens with one attached hydrogen (secondary N) is 1. The van der Waals surface area contributed by atoms with Crippen LogP contribution in [-0.2, 0) is 4.74 Å². The summed E-state index contributed by atoms with van der Waals surface area (Å²) in [6.07, 6.45) is 3.17. The van der Waals surface area contributed by atoms with Crippen LogP contribution in [0.4, 0.5) is 5.69 Å². The van der Waals surface area contributed by atoms with E-state index in [4.69, 9.17) is 0 Å². The summed E-state index contributed by atoms with van der Waals surface area (Å²) in [5, 5.41) is 3.03. The van der Waals surface area contributed by atoms with Gasteiger partial charge in [-0.05, 0) is 13.0 Å². The van der Waals surface area contributed by atoms with E-state index < -0.39 is 0 Å². The van der Waals surface area contributed by atoms with E-state index in [1.165, 1.54) is 7.11 Å². The van der Waals surface area contributed by atoms with Crippen LogP contribution in [0.1, 0.15) is 17.3 Å². The van der Waals surface area contributed by atoms with Crippen molar-refractivity contribution in [3.8, 4) is 0 Å². The number of nitrogens with zero attached hydrogens (tertiary/aromatic N) is 1. The first kappa shape index (κ1) is 9.51. The van der Waals surface area contributed by atoms with Crippen molar-refractivity contribution in [1.82, 2.24) is 4.98 Å². The molecule has 1 N–H and O–H groups in total. The Morgan fingerprint density at radius 1 is 1.69 bits per heavy atom. The second kappa shape index (κ2) is 4.45. The monoisotopic (exact) mass is 180 g/mol. The molecule has 0 spiro atoms. The van der Waals surface area contributed by atoms with Crippen LogP contribution in [0.2, 0.25) is 0 Å². The highest BCUT2D eigenvalue weighted by Crippen LogP contribution is 2.13. The van der Waals surface area contributed by atoms with E-state index in [9.17, 15) is 4.79 Å². The molecule has 4 heteroatoms. The fraction of sp³-hybridized carbons (Fsp3) is 0.333. The minimum Gasteiger partial charge on any atom is -0.465 e. The Bertz CT molecular complexity index is 299. The van der Waals surface area contributed by atoms with E-state index in [1.807, 2.05) is 6.92 Å². The van der Waals surface area contributed by atoms with Crippen LogP contribution < -0.4 is 5.32 Å². The summed E-state index contributed by atoms with van der Waals surface area (Å²) in [5.74, 6) is -0.349. The van der Waals surface area contributed by atoms with Gasteiger partial charge < -0.3 is 10.1 Å². The summed E-state index contributed by atoms with van der Waals surface area (Å²) >= 11 is 0. The Labute approximate surface area is 76.9 Å². The zero-order valence-electron chi connectivity index (χ0n) is 7.70. The molecule has 0 saturated carbocycles. The van der Waals surface area contributed by atoms with Crippen molar-refractivity contribution >= 4 is 11.7 Å². The summed E-state index contributed by atoms with van der Waals surface area (Å²) in [6, 6.07) is 1.63. The maximum absolute atomic E-state index is 11.2. The third-order valence-electron chi connectivity index (χ3n) is 1.59. The van der Waals surface area contributed by atoms with E-state index in [1.54, 1.807) is 18.5 Å². The molecule has 13 heavy (non-hydrogen) atoms. The van der Waals surface area contributed by atoms with Gasteiger partial charge in [0.1, 0.15) is 0 Å².